The van der Waals surface area contributed by atoms with E-state index in [1.807, 2.05) is 6.07 Å². The van der Waals surface area contributed by atoms with Gasteiger partial charge in [-0.3, -0.25) is 10.1 Å². The van der Waals surface area contributed by atoms with E-state index < -0.39 is 11.6 Å². The minimum absolute atomic E-state index is 0.0781. The van der Waals surface area contributed by atoms with Gasteiger partial charge >= 0.3 is 6.03 Å². The molecule has 0 bridgehead atoms. The molecule has 0 radical (unpaired) electrons. The Morgan fingerprint density at radius 1 is 1.07 bits per heavy atom. The monoisotopic (exact) mass is 405 g/mol. The molecule has 2 aromatic carbocycles. The summed E-state index contributed by atoms with van der Waals surface area (Å²) in [5.41, 5.74) is 0.441. The number of nitrogens with one attached hydrogen (secondary N) is 2. The maximum atomic E-state index is 12.7. The van der Waals surface area contributed by atoms with Gasteiger partial charge in [0.15, 0.2) is 5.82 Å². The number of hydrogen-bond acceptors (Lipinski definition) is 6. The number of amides is 2. The number of ether oxygens (including phenoxy) is 2. The number of nitrogens with zero attached hydrogens (tertiary/aromatic N) is 3. The molecule has 3 rings (SSSR count). The first-order valence-corrected chi connectivity index (χ1v) is 8.88. The van der Waals surface area contributed by atoms with Crippen molar-refractivity contribution in [3.05, 3.63) is 70.0 Å². The van der Waals surface area contributed by atoms with Crippen LogP contribution in [0.5, 0.6) is 11.5 Å². The Morgan fingerprint density at radius 2 is 1.77 bits per heavy atom. The van der Waals surface area contributed by atoms with Crippen molar-refractivity contribution in [1.82, 2.24) is 9.78 Å². The number of carbonyl (C=O) groups excluding carboxylic acids is 1. The van der Waals surface area contributed by atoms with E-state index in [1.165, 1.54) is 14.2 Å². The van der Waals surface area contributed by atoms with E-state index in [0.29, 0.717) is 22.9 Å². The van der Waals surface area contributed by atoms with Gasteiger partial charge in [0, 0.05) is 5.56 Å². The van der Waals surface area contributed by atoms with E-state index >= 15 is 0 Å². The topological polar surface area (TPSA) is 118 Å². The van der Waals surface area contributed by atoms with Gasteiger partial charge in [-0.15, -0.1) is 5.10 Å². The number of nitriles is 1. The highest BCUT2D eigenvalue weighted by Gasteiger charge is 2.17. The summed E-state index contributed by atoms with van der Waals surface area (Å²) in [5.74, 6) is 1.17. The molecule has 152 valence electrons. The highest BCUT2D eigenvalue weighted by molar-refractivity contribution is 6.00. The van der Waals surface area contributed by atoms with E-state index in [9.17, 15) is 14.9 Å². The predicted molar refractivity (Wildman–Crippen MR) is 111 cm³/mol. The number of methoxy groups -OCH3 is 2. The molecule has 1 heterocycles. The average molecular weight is 405 g/mol. The zero-order valence-corrected chi connectivity index (χ0v) is 16.6. The van der Waals surface area contributed by atoms with E-state index in [1.54, 1.807) is 55.5 Å². The third-order valence-electron chi connectivity index (χ3n) is 4.35. The van der Waals surface area contributed by atoms with Crippen LogP contribution in [-0.2, 0) is 0 Å². The normalized spacial score (nSPS) is 10.1. The number of para-hydroxylation sites is 2. The Bertz CT molecular complexity index is 1180. The molecular weight excluding hydrogens is 386 g/mol. The van der Waals surface area contributed by atoms with Gasteiger partial charge in [-0.2, -0.15) is 9.94 Å². The van der Waals surface area contributed by atoms with Crippen molar-refractivity contribution >= 4 is 17.5 Å². The number of carbonyl (C=O) groups is 1. The fourth-order valence-electron chi connectivity index (χ4n) is 2.76. The van der Waals surface area contributed by atoms with Crippen molar-refractivity contribution < 1.29 is 14.3 Å². The van der Waals surface area contributed by atoms with Crippen LogP contribution in [0, 0.1) is 18.3 Å². The molecule has 0 aliphatic heterocycles. The van der Waals surface area contributed by atoms with Crippen LogP contribution in [0.1, 0.15) is 11.1 Å². The molecule has 0 saturated heterocycles. The second kappa shape index (κ2) is 8.79. The molecule has 30 heavy (non-hydrogen) atoms. The van der Waals surface area contributed by atoms with E-state index in [2.05, 4.69) is 15.7 Å². The summed E-state index contributed by atoms with van der Waals surface area (Å²) in [6.07, 6.45) is 0. The van der Waals surface area contributed by atoms with Gasteiger partial charge in [-0.25, -0.2) is 4.79 Å². The molecule has 0 fully saturated rings. The van der Waals surface area contributed by atoms with Crippen LogP contribution in [-0.4, -0.2) is 30.0 Å². The Balaban J connectivity index is 1.97. The standard InChI is InChI=1S/C21H19N5O4/c1-13-16(12-22)20(27)26(14-8-10-15(29-2)11-9-14)25-19(13)24-21(28)23-17-6-4-5-7-18(17)30-3/h4-11H,1-3H3,(H2,23,24,25,28). The Kier molecular flexibility index (Phi) is 5.98. The number of urea groups is 1. The van der Waals surface area contributed by atoms with Crippen LogP contribution in [0.3, 0.4) is 0 Å². The Hall–Kier alpha value is -4.32. The molecular formula is C21H19N5O4. The molecule has 0 atom stereocenters. The number of benzene rings is 2. The van der Waals surface area contributed by atoms with Crippen LogP contribution < -0.4 is 25.7 Å². The SMILES string of the molecule is COc1ccc(-n2nc(NC(=O)Nc3ccccc3OC)c(C)c(C#N)c2=O)cc1. The van der Waals surface area contributed by atoms with Crippen molar-refractivity contribution in [3.8, 4) is 23.3 Å². The quantitative estimate of drug-likeness (QED) is 0.673. The maximum absolute atomic E-state index is 12.7. The van der Waals surface area contributed by atoms with Crippen molar-refractivity contribution in [2.24, 2.45) is 0 Å². The molecule has 0 saturated carbocycles. The number of hydrogen-bond donors (Lipinski definition) is 2. The van der Waals surface area contributed by atoms with E-state index in [0.717, 1.165) is 4.68 Å². The van der Waals surface area contributed by atoms with Crippen LogP contribution in [0.25, 0.3) is 5.69 Å². The molecule has 1 aromatic heterocycles. The summed E-state index contributed by atoms with van der Waals surface area (Å²) in [6.45, 7) is 1.55. The fraction of sp³-hybridized carbons (Fsp3) is 0.143. The molecule has 0 spiro atoms. The zero-order valence-electron chi connectivity index (χ0n) is 16.6. The summed E-state index contributed by atoms with van der Waals surface area (Å²) < 4.78 is 11.4. The van der Waals surface area contributed by atoms with Gasteiger partial charge in [-0.1, -0.05) is 12.1 Å². The second-order valence-electron chi connectivity index (χ2n) is 6.15. The molecule has 9 nitrogen and oxygen atoms in total. The first-order valence-electron chi connectivity index (χ1n) is 8.88. The molecule has 0 aliphatic carbocycles. The zero-order chi connectivity index (χ0) is 21.7. The Morgan fingerprint density at radius 3 is 2.40 bits per heavy atom. The number of aromatic nitrogens is 2. The summed E-state index contributed by atoms with van der Waals surface area (Å²) in [6, 6.07) is 14.8. The average Bonchev–Trinajstić information content (AvgIpc) is 2.76. The lowest BCUT2D eigenvalue weighted by atomic mass is 10.2. The number of rotatable bonds is 5. The number of anilines is 2. The molecule has 9 heteroatoms. The van der Waals surface area contributed by atoms with Crippen molar-refractivity contribution in [3.63, 3.8) is 0 Å². The predicted octanol–water partition coefficient (Wildman–Crippen LogP) is 3.07. The summed E-state index contributed by atoms with van der Waals surface area (Å²) in [4.78, 5) is 25.2. The first kappa shape index (κ1) is 20.4. The minimum atomic E-state index is -0.598. The highest BCUT2D eigenvalue weighted by atomic mass is 16.5. The van der Waals surface area contributed by atoms with Crippen LogP contribution in [0.2, 0.25) is 0 Å². The van der Waals surface area contributed by atoms with Gasteiger partial charge in [0.05, 0.1) is 25.6 Å². The van der Waals surface area contributed by atoms with E-state index in [-0.39, 0.29) is 16.9 Å². The largest absolute Gasteiger partial charge is 0.497 e. The third kappa shape index (κ3) is 4.07. The lowest BCUT2D eigenvalue weighted by molar-refractivity contribution is 0.262. The summed E-state index contributed by atoms with van der Waals surface area (Å²) in [7, 11) is 3.02. The Labute approximate surface area is 172 Å². The van der Waals surface area contributed by atoms with Gasteiger partial charge < -0.3 is 14.8 Å². The molecule has 0 aliphatic rings. The van der Waals surface area contributed by atoms with E-state index in [4.69, 9.17) is 9.47 Å². The van der Waals surface area contributed by atoms with Crippen LogP contribution >= 0.6 is 0 Å². The molecule has 2 N–H and O–H groups in total. The van der Waals surface area contributed by atoms with Crippen molar-refractivity contribution in [2.45, 2.75) is 6.92 Å². The minimum Gasteiger partial charge on any atom is -0.497 e. The second-order valence-corrected chi connectivity index (χ2v) is 6.15. The van der Waals surface area contributed by atoms with Crippen molar-refractivity contribution in [2.75, 3.05) is 24.9 Å². The van der Waals surface area contributed by atoms with Crippen LogP contribution in [0.4, 0.5) is 16.3 Å². The van der Waals surface area contributed by atoms with Gasteiger partial charge in [0.2, 0.25) is 0 Å². The maximum Gasteiger partial charge on any atom is 0.325 e. The van der Waals surface area contributed by atoms with Crippen molar-refractivity contribution in [1.29, 1.82) is 5.26 Å². The fourth-order valence-corrected chi connectivity index (χ4v) is 2.76. The van der Waals surface area contributed by atoms with Gasteiger partial charge in [0.1, 0.15) is 23.1 Å². The molecule has 0 unspecified atom stereocenters. The summed E-state index contributed by atoms with van der Waals surface area (Å²) >= 11 is 0. The smallest absolute Gasteiger partial charge is 0.325 e. The third-order valence-corrected chi connectivity index (χ3v) is 4.35. The lowest BCUT2D eigenvalue weighted by Crippen LogP contribution is -2.29. The first-order chi connectivity index (χ1) is 14.5. The van der Waals surface area contributed by atoms with Crippen LogP contribution in [0.15, 0.2) is 53.3 Å². The molecule has 2 amide bonds. The van der Waals surface area contributed by atoms with Gasteiger partial charge in [-0.05, 0) is 43.3 Å². The highest BCUT2D eigenvalue weighted by Crippen LogP contribution is 2.23. The molecule has 3 aromatic rings. The lowest BCUT2D eigenvalue weighted by Gasteiger charge is -2.14. The van der Waals surface area contributed by atoms with Gasteiger partial charge in [0.25, 0.3) is 5.56 Å². The summed E-state index contributed by atoms with van der Waals surface area (Å²) in [5, 5.41) is 19.0.